The number of carbonyl (C=O) groups is 1. The molecule has 1 heterocycles. The van der Waals surface area contributed by atoms with Gasteiger partial charge in [-0.05, 0) is 42.9 Å². The zero-order chi connectivity index (χ0) is 18.0. The van der Waals surface area contributed by atoms with E-state index >= 15 is 0 Å². The number of fused-ring (bicyclic) bond motifs is 1. The molecule has 130 valence electrons. The predicted octanol–water partition coefficient (Wildman–Crippen LogP) is 2.32. The van der Waals surface area contributed by atoms with Gasteiger partial charge >= 0.3 is 5.69 Å². The average molecular weight is 343 g/mol. The number of Topliss-reactive ketones (excluding diaryl/α,β-unsaturated/α-hetero) is 1. The Morgan fingerprint density at radius 3 is 2.64 bits per heavy atom. The van der Waals surface area contributed by atoms with Crippen molar-refractivity contribution in [3.8, 4) is 5.75 Å². The number of likely N-dealkylation sites (N-methyl/N-ethyl adjacent to an activating group) is 1. The maximum absolute atomic E-state index is 13.7. The lowest BCUT2D eigenvalue weighted by Gasteiger charge is -2.16. The topological polar surface area (TPSA) is 78.2 Å². The molecule has 0 aliphatic rings. The molecule has 3 aromatic rings. The van der Waals surface area contributed by atoms with Crippen molar-refractivity contribution in [2.24, 2.45) is 0 Å². The number of methoxy groups -OCH3 is 1. The van der Waals surface area contributed by atoms with Crippen LogP contribution >= 0.6 is 0 Å². The van der Waals surface area contributed by atoms with Gasteiger partial charge in [-0.25, -0.2) is 9.18 Å². The summed E-state index contributed by atoms with van der Waals surface area (Å²) in [5.74, 6) is -0.321. The molecule has 0 saturated carbocycles. The molecule has 25 heavy (non-hydrogen) atoms. The van der Waals surface area contributed by atoms with E-state index in [0.717, 1.165) is 5.56 Å². The minimum atomic E-state index is -0.429. The summed E-state index contributed by atoms with van der Waals surface area (Å²) in [6, 6.07) is 9.75. The van der Waals surface area contributed by atoms with Gasteiger partial charge in [0.05, 0.1) is 24.7 Å². The monoisotopic (exact) mass is 343 g/mol. The van der Waals surface area contributed by atoms with E-state index in [-0.39, 0.29) is 23.8 Å². The lowest BCUT2D eigenvalue weighted by atomic mass is 10.1. The molecule has 0 bridgehead atoms. The molecular formula is C18H18FN3O3. The van der Waals surface area contributed by atoms with E-state index in [1.807, 2.05) is 0 Å². The molecule has 1 aromatic heterocycles. The third-order valence-electron chi connectivity index (χ3n) is 3.92. The van der Waals surface area contributed by atoms with Crippen molar-refractivity contribution in [2.75, 3.05) is 20.7 Å². The molecule has 0 amide bonds. The number of imidazole rings is 1. The van der Waals surface area contributed by atoms with Crippen molar-refractivity contribution in [3.63, 3.8) is 0 Å². The number of carbonyl (C=O) groups excluding carboxylic acids is 1. The summed E-state index contributed by atoms with van der Waals surface area (Å²) >= 11 is 0. The smallest absolute Gasteiger partial charge is 0.323 e. The van der Waals surface area contributed by atoms with Crippen LogP contribution in [0.2, 0.25) is 0 Å². The molecule has 0 aliphatic heterocycles. The van der Waals surface area contributed by atoms with Crippen LogP contribution in [0.15, 0.2) is 41.2 Å². The van der Waals surface area contributed by atoms with Crippen molar-refractivity contribution >= 4 is 16.8 Å². The van der Waals surface area contributed by atoms with Crippen LogP contribution < -0.4 is 10.4 Å². The molecule has 0 atom stereocenters. The van der Waals surface area contributed by atoms with Gasteiger partial charge in [-0.1, -0.05) is 6.07 Å². The second kappa shape index (κ2) is 6.90. The fourth-order valence-corrected chi connectivity index (χ4v) is 2.72. The molecule has 0 saturated heterocycles. The molecule has 7 heteroatoms. The summed E-state index contributed by atoms with van der Waals surface area (Å²) in [6.07, 6.45) is 0. The molecule has 0 unspecified atom stereocenters. The number of benzene rings is 2. The number of ether oxygens (including phenoxy) is 1. The van der Waals surface area contributed by atoms with Gasteiger partial charge in [-0.2, -0.15) is 0 Å². The quantitative estimate of drug-likeness (QED) is 0.673. The first-order chi connectivity index (χ1) is 12.0. The SMILES string of the molecule is COc1ccc(CN(C)CC(=O)c2ccc3[nH]c(=O)[nH]c3c2)cc1F. The Balaban J connectivity index is 1.68. The molecule has 6 nitrogen and oxygen atoms in total. The van der Waals surface area contributed by atoms with E-state index < -0.39 is 5.82 Å². The van der Waals surface area contributed by atoms with Crippen LogP contribution in [0.3, 0.4) is 0 Å². The third-order valence-corrected chi connectivity index (χ3v) is 3.92. The predicted molar refractivity (Wildman–Crippen MR) is 92.5 cm³/mol. The number of H-pyrrole nitrogens is 2. The van der Waals surface area contributed by atoms with Gasteiger partial charge in [0.15, 0.2) is 17.3 Å². The maximum atomic E-state index is 13.7. The second-order valence-electron chi connectivity index (χ2n) is 5.90. The molecule has 0 aliphatic carbocycles. The summed E-state index contributed by atoms with van der Waals surface area (Å²) in [5, 5.41) is 0. The number of aromatic nitrogens is 2. The van der Waals surface area contributed by atoms with E-state index in [9.17, 15) is 14.0 Å². The Morgan fingerprint density at radius 1 is 1.16 bits per heavy atom. The maximum Gasteiger partial charge on any atom is 0.323 e. The second-order valence-corrected chi connectivity index (χ2v) is 5.90. The van der Waals surface area contributed by atoms with Crippen molar-refractivity contribution in [1.82, 2.24) is 14.9 Å². The van der Waals surface area contributed by atoms with Gasteiger partial charge in [0.25, 0.3) is 0 Å². The highest BCUT2D eigenvalue weighted by Crippen LogP contribution is 2.18. The molecule has 2 aromatic carbocycles. The number of halogens is 1. The zero-order valence-corrected chi connectivity index (χ0v) is 13.9. The Bertz CT molecular complexity index is 977. The van der Waals surface area contributed by atoms with Crippen LogP contribution in [0, 0.1) is 5.82 Å². The lowest BCUT2D eigenvalue weighted by Crippen LogP contribution is -2.25. The Hall–Kier alpha value is -2.93. The number of rotatable bonds is 6. The van der Waals surface area contributed by atoms with E-state index in [1.54, 1.807) is 42.3 Å². The number of hydrogen-bond donors (Lipinski definition) is 2. The van der Waals surface area contributed by atoms with E-state index in [0.29, 0.717) is 23.1 Å². The minimum Gasteiger partial charge on any atom is -0.494 e. The van der Waals surface area contributed by atoms with Gasteiger partial charge in [0.2, 0.25) is 0 Å². The summed E-state index contributed by atoms with van der Waals surface area (Å²) in [4.78, 5) is 30.8. The molecule has 0 spiro atoms. The molecular weight excluding hydrogens is 325 g/mol. The molecule has 0 radical (unpaired) electrons. The van der Waals surface area contributed by atoms with Gasteiger partial charge in [0, 0.05) is 12.1 Å². The summed E-state index contributed by atoms with van der Waals surface area (Å²) in [7, 11) is 3.20. The third kappa shape index (κ3) is 3.77. The van der Waals surface area contributed by atoms with Crippen LogP contribution in [0.1, 0.15) is 15.9 Å². The zero-order valence-electron chi connectivity index (χ0n) is 13.9. The van der Waals surface area contributed by atoms with Crippen LogP contribution in [-0.2, 0) is 6.54 Å². The molecule has 2 N–H and O–H groups in total. The Kier molecular flexibility index (Phi) is 4.67. The van der Waals surface area contributed by atoms with Gasteiger partial charge in [-0.3, -0.25) is 9.69 Å². The van der Waals surface area contributed by atoms with Crippen LogP contribution in [-0.4, -0.2) is 41.4 Å². The lowest BCUT2D eigenvalue weighted by molar-refractivity contribution is 0.0943. The van der Waals surface area contributed by atoms with Gasteiger partial charge < -0.3 is 14.7 Å². The molecule has 0 fully saturated rings. The summed E-state index contributed by atoms with van der Waals surface area (Å²) in [5.41, 5.74) is 2.20. The van der Waals surface area contributed by atoms with Crippen LogP contribution in [0.4, 0.5) is 4.39 Å². The summed E-state index contributed by atoms with van der Waals surface area (Å²) in [6.45, 7) is 0.601. The highest BCUT2D eigenvalue weighted by Gasteiger charge is 2.12. The van der Waals surface area contributed by atoms with Crippen LogP contribution in [0.25, 0.3) is 11.0 Å². The van der Waals surface area contributed by atoms with E-state index in [2.05, 4.69) is 9.97 Å². The molecule has 3 rings (SSSR count). The first kappa shape index (κ1) is 16.9. The Labute approximate surface area is 143 Å². The standard InChI is InChI=1S/C18H18FN3O3/c1-22(9-11-3-6-17(25-2)13(19)7-11)10-16(23)12-4-5-14-15(8-12)21-18(24)20-14/h3-8H,9-10H2,1-2H3,(H2,20,21,24). The minimum absolute atomic E-state index is 0.0829. The van der Waals surface area contributed by atoms with Gasteiger partial charge in [0.1, 0.15) is 0 Å². The van der Waals surface area contributed by atoms with E-state index in [1.165, 1.54) is 13.2 Å². The number of aromatic amines is 2. The van der Waals surface area contributed by atoms with Gasteiger partial charge in [-0.15, -0.1) is 0 Å². The van der Waals surface area contributed by atoms with Crippen LogP contribution in [0.5, 0.6) is 5.75 Å². The highest BCUT2D eigenvalue weighted by molar-refractivity contribution is 6.00. The van der Waals surface area contributed by atoms with Crippen molar-refractivity contribution < 1.29 is 13.9 Å². The van der Waals surface area contributed by atoms with Crippen molar-refractivity contribution in [1.29, 1.82) is 0 Å². The highest BCUT2D eigenvalue weighted by atomic mass is 19.1. The number of ketones is 1. The first-order valence-corrected chi connectivity index (χ1v) is 7.72. The van der Waals surface area contributed by atoms with E-state index in [4.69, 9.17) is 4.74 Å². The van der Waals surface area contributed by atoms with Crippen molar-refractivity contribution in [2.45, 2.75) is 6.54 Å². The summed E-state index contributed by atoms with van der Waals surface area (Å²) < 4.78 is 18.6. The fourth-order valence-electron chi connectivity index (χ4n) is 2.72. The fraction of sp³-hybridized carbons (Fsp3) is 0.222. The Morgan fingerprint density at radius 2 is 1.92 bits per heavy atom. The number of nitrogens with zero attached hydrogens (tertiary/aromatic N) is 1. The number of nitrogens with one attached hydrogen (secondary N) is 2. The largest absolute Gasteiger partial charge is 0.494 e. The normalized spacial score (nSPS) is 11.2. The first-order valence-electron chi connectivity index (χ1n) is 7.72. The van der Waals surface area contributed by atoms with Crippen molar-refractivity contribution in [3.05, 3.63) is 63.8 Å². The number of hydrogen-bond acceptors (Lipinski definition) is 4. The average Bonchev–Trinajstić information content (AvgIpc) is 2.93.